The number of hydrogen-bond acceptors (Lipinski definition) is 4. The van der Waals surface area contributed by atoms with Gasteiger partial charge >= 0.3 is 5.97 Å². The normalized spacial score (nSPS) is 18.6. The second-order valence-corrected chi connectivity index (χ2v) is 5.24. The molecule has 1 aromatic rings. The molecule has 1 saturated heterocycles. The lowest BCUT2D eigenvalue weighted by atomic mass is 10.1. The van der Waals surface area contributed by atoms with Crippen molar-refractivity contribution in [2.24, 2.45) is 0 Å². The van der Waals surface area contributed by atoms with Crippen LogP contribution in [0.1, 0.15) is 29.4 Å². The predicted octanol–water partition coefficient (Wildman–Crippen LogP) is 1.61. The summed E-state index contributed by atoms with van der Waals surface area (Å²) in [5.74, 6) is -1.19. The second-order valence-electron chi connectivity index (χ2n) is 4.85. The van der Waals surface area contributed by atoms with Crippen LogP contribution in [0.4, 0.5) is 0 Å². The molecule has 1 amide bonds. The maximum atomic E-state index is 12.6. The number of morpholine rings is 1. The Bertz CT molecular complexity index is 550. The first-order valence-electron chi connectivity index (χ1n) is 6.78. The van der Waals surface area contributed by atoms with Crippen molar-refractivity contribution in [2.75, 3.05) is 19.8 Å². The smallest absolute Gasteiger partial charge is 0.305 e. The summed E-state index contributed by atoms with van der Waals surface area (Å²) >= 11 is 5.93. The van der Waals surface area contributed by atoms with Gasteiger partial charge in [0.1, 0.15) is 5.15 Å². The topological polar surface area (TPSA) is 79.7 Å². The highest BCUT2D eigenvalue weighted by Crippen LogP contribution is 2.18. The molecule has 1 aliphatic heterocycles. The molecule has 6 nitrogen and oxygen atoms in total. The van der Waals surface area contributed by atoms with Gasteiger partial charge in [-0.15, -0.1) is 0 Å². The number of carbonyl (C=O) groups is 2. The van der Waals surface area contributed by atoms with Gasteiger partial charge in [0.15, 0.2) is 0 Å². The van der Waals surface area contributed by atoms with Crippen molar-refractivity contribution in [1.82, 2.24) is 9.88 Å². The average Bonchev–Trinajstić information content (AvgIpc) is 2.45. The van der Waals surface area contributed by atoms with E-state index in [1.165, 1.54) is 6.07 Å². The number of halogens is 1. The van der Waals surface area contributed by atoms with Gasteiger partial charge in [0, 0.05) is 17.8 Å². The van der Waals surface area contributed by atoms with Gasteiger partial charge < -0.3 is 14.7 Å². The molecule has 1 fully saturated rings. The van der Waals surface area contributed by atoms with Crippen LogP contribution in [-0.2, 0) is 16.0 Å². The Hall–Kier alpha value is -1.66. The Morgan fingerprint density at radius 3 is 2.95 bits per heavy atom. The number of aromatic nitrogens is 1. The van der Waals surface area contributed by atoms with E-state index in [4.69, 9.17) is 21.4 Å². The fraction of sp³-hybridized carbons (Fsp3) is 0.500. The Morgan fingerprint density at radius 2 is 2.29 bits per heavy atom. The number of amides is 1. The van der Waals surface area contributed by atoms with Crippen LogP contribution >= 0.6 is 11.6 Å². The van der Waals surface area contributed by atoms with Gasteiger partial charge in [-0.05, 0) is 18.6 Å². The van der Waals surface area contributed by atoms with Crippen molar-refractivity contribution >= 4 is 23.5 Å². The van der Waals surface area contributed by atoms with Crippen molar-refractivity contribution < 1.29 is 19.4 Å². The van der Waals surface area contributed by atoms with Crippen molar-refractivity contribution in [3.05, 3.63) is 28.5 Å². The average molecular weight is 313 g/mol. The molecule has 1 N–H and O–H groups in total. The first kappa shape index (κ1) is 15.7. The molecule has 2 rings (SSSR count). The molecule has 0 saturated carbocycles. The van der Waals surface area contributed by atoms with Crippen molar-refractivity contribution in [3.63, 3.8) is 0 Å². The fourth-order valence-corrected chi connectivity index (χ4v) is 2.54. The van der Waals surface area contributed by atoms with Gasteiger partial charge in [-0.2, -0.15) is 0 Å². The maximum absolute atomic E-state index is 12.6. The van der Waals surface area contributed by atoms with Crippen LogP contribution in [0.25, 0.3) is 0 Å². The maximum Gasteiger partial charge on any atom is 0.305 e. The van der Waals surface area contributed by atoms with E-state index in [-0.39, 0.29) is 24.1 Å². The number of aryl methyl sites for hydroxylation is 1. The van der Waals surface area contributed by atoms with Gasteiger partial charge in [0.25, 0.3) is 5.91 Å². The SMILES string of the molecule is CCc1cc(C(=O)N2CCOCC2CC(=O)O)cc(Cl)n1. The number of pyridine rings is 1. The van der Waals surface area contributed by atoms with Gasteiger partial charge in [0.05, 0.1) is 25.7 Å². The zero-order valence-corrected chi connectivity index (χ0v) is 12.5. The third kappa shape index (κ3) is 3.92. The van der Waals surface area contributed by atoms with E-state index >= 15 is 0 Å². The van der Waals surface area contributed by atoms with Crippen LogP contribution < -0.4 is 0 Å². The number of hydrogen-bond donors (Lipinski definition) is 1. The van der Waals surface area contributed by atoms with Gasteiger partial charge in [0.2, 0.25) is 0 Å². The van der Waals surface area contributed by atoms with E-state index in [0.717, 1.165) is 5.69 Å². The highest BCUT2D eigenvalue weighted by Gasteiger charge is 2.30. The molecule has 2 heterocycles. The molecule has 0 aromatic carbocycles. The summed E-state index contributed by atoms with van der Waals surface area (Å²) in [6.07, 6.45) is 0.535. The van der Waals surface area contributed by atoms with Crippen LogP contribution in [0, 0.1) is 0 Å². The minimum Gasteiger partial charge on any atom is -0.481 e. The van der Waals surface area contributed by atoms with Crippen molar-refractivity contribution in [2.45, 2.75) is 25.8 Å². The predicted molar refractivity (Wildman–Crippen MR) is 76.5 cm³/mol. The fourth-order valence-electron chi connectivity index (χ4n) is 2.31. The molecule has 7 heteroatoms. The van der Waals surface area contributed by atoms with Crippen molar-refractivity contribution in [3.8, 4) is 0 Å². The molecule has 1 aromatic heterocycles. The monoisotopic (exact) mass is 312 g/mol. The minimum absolute atomic E-state index is 0.134. The molecule has 21 heavy (non-hydrogen) atoms. The molecular formula is C14H17ClN2O4. The molecule has 0 spiro atoms. The van der Waals surface area contributed by atoms with Crippen LogP contribution in [0.5, 0.6) is 0 Å². The molecular weight excluding hydrogens is 296 g/mol. The molecule has 1 atom stereocenters. The van der Waals surface area contributed by atoms with Crippen LogP contribution in [0.2, 0.25) is 5.15 Å². The molecule has 0 bridgehead atoms. The first-order valence-corrected chi connectivity index (χ1v) is 7.16. The first-order chi connectivity index (χ1) is 10.0. The largest absolute Gasteiger partial charge is 0.481 e. The summed E-state index contributed by atoms with van der Waals surface area (Å²) in [6, 6.07) is 2.75. The van der Waals surface area contributed by atoms with E-state index in [2.05, 4.69) is 4.98 Å². The van der Waals surface area contributed by atoms with Crippen molar-refractivity contribution in [1.29, 1.82) is 0 Å². The van der Waals surface area contributed by atoms with Gasteiger partial charge in [-0.25, -0.2) is 4.98 Å². The van der Waals surface area contributed by atoms with E-state index in [0.29, 0.717) is 25.1 Å². The number of ether oxygens (including phenoxy) is 1. The standard InChI is InChI=1S/C14H17ClN2O4/c1-2-10-5-9(6-12(15)16-10)14(20)17-3-4-21-8-11(17)7-13(18)19/h5-6,11H,2-4,7-8H2,1H3,(H,18,19). The van der Waals surface area contributed by atoms with Gasteiger partial charge in [-0.3, -0.25) is 9.59 Å². The number of rotatable bonds is 4. The van der Waals surface area contributed by atoms with E-state index in [1.54, 1.807) is 11.0 Å². The lowest BCUT2D eigenvalue weighted by Crippen LogP contribution is -2.49. The number of nitrogens with zero attached hydrogens (tertiary/aromatic N) is 2. The summed E-state index contributed by atoms with van der Waals surface area (Å²) in [4.78, 5) is 29.2. The van der Waals surface area contributed by atoms with E-state index < -0.39 is 12.0 Å². The number of carboxylic acids is 1. The summed E-state index contributed by atoms with van der Waals surface area (Å²) in [5.41, 5.74) is 1.16. The van der Waals surface area contributed by atoms with Crippen LogP contribution in [0.3, 0.4) is 0 Å². The zero-order valence-electron chi connectivity index (χ0n) is 11.7. The molecule has 0 aliphatic carbocycles. The Balaban J connectivity index is 2.24. The number of aliphatic carboxylic acids is 1. The van der Waals surface area contributed by atoms with E-state index in [9.17, 15) is 9.59 Å². The summed E-state index contributed by atoms with van der Waals surface area (Å²) in [6.45, 7) is 2.94. The Morgan fingerprint density at radius 1 is 1.52 bits per heavy atom. The minimum atomic E-state index is -0.953. The summed E-state index contributed by atoms with van der Waals surface area (Å²) in [7, 11) is 0. The molecule has 0 radical (unpaired) electrons. The summed E-state index contributed by atoms with van der Waals surface area (Å²) < 4.78 is 5.27. The highest BCUT2D eigenvalue weighted by atomic mass is 35.5. The van der Waals surface area contributed by atoms with E-state index in [1.807, 2.05) is 6.92 Å². The third-order valence-electron chi connectivity index (χ3n) is 3.35. The Kier molecular flexibility index (Phi) is 5.14. The van der Waals surface area contributed by atoms with Crippen LogP contribution in [0.15, 0.2) is 12.1 Å². The Labute approximate surface area is 127 Å². The molecule has 1 aliphatic rings. The lowest BCUT2D eigenvalue weighted by Gasteiger charge is -2.35. The molecule has 114 valence electrons. The van der Waals surface area contributed by atoms with Gasteiger partial charge in [-0.1, -0.05) is 18.5 Å². The van der Waals surface area contributed by atoms with Crippen LogP contribution in [-0.4, -0.2) is 52.7 Å². The number of carboxylic acid groups (broad SMARTS) is 1. The lowest BCUT2D eigenvalue weighted by molar-refractivity contribution is -0.139. The third-order valence-corrected chi connectivity index (χ3v) is 3.55. The quantitative estimate of drug-likeness (QED) is 0.854. The number of carbonyl (C=O) groups excluding carboxylic acids is 1. The zero-order chi connectivity index (χ0) is 15.4. The molecule has 1 unspecified atom stereocenters. The summed E-state index contributed by atoms with van der Waals surface area (Å²) in [5, 5.41) is 9.20. The highest BCUT2D eigenvalue weighted by molar-refractivity contribution is 6.29. The second kappa shape index (κ2) is 6.87.